The Morgan fingerprint density at radius 3 is 2.18 bits per heavy atom. The summed E-state index contributed by atoms with van der Waals surface area (Å²) in [6.07, 6.45) is 10.5. The number of benzene rings is 1. The molecule has 1 unspecified atom stereocenters. The van der Waals surface area contributed by atoms with Gasteiger partial charge in [0.1, 0.15) is 0 Å². The Morgan fingerprint density at radius 2 is 1.71 bits per heavy atom. The molecule has 0 radical (unpaired) electrons. The van der Waals surface area contributed by atoms with E-state index in [-0.39, 0.29) is 0 Å². The molecule has 0 saturated carbocycles. The van der Waals surface area contributed by atoms with Crippen LogP contribution < -0.4 is 0 Å². The van der Waals surface area contributed by atoms with Crippen molar-refractivity contribution < 1.29 is 0 Å². The van der Waals surface area contributed by atoms with E-state index in [4.69, 9.17) is 6.42 Å². The highest BCUT2D eigenvalue weighted by Crippen LogP contribution is 2.28. The maximum atomic E-state index is 5.38. The van der Waals surface area contributed by atoms with E-state index in [0.29, 0.717) is 5.92 Å². The first-order valence-electron chi connectivity index (χ1n) is 6.74. The molecule has 1 aromatic carbocycles. The fourth-order valence-corrected chi connectivity index (χ4v) is 2.21. The summed E-state index contributed by atoms with van der Waals surface area (Å²) in [5, 5.41) is 0. The van der Waals surface area contributed by atoms with Gasteiger partial charge in [0.25, 0.3) is 0 Å². The minimum Gasteiger partial charge on any atom is -0.115 e. The molecule has 1 atom stereocenters. The van der Waals surface area contributed by atoms with Crippen LogP contribution >= 0.6 is 0 Å². The fourth-order valence-electron chi connectivity index (χ4n) is 2.21. The van der Waals surface area contributed by atoms with Gasteiger partial charge >= 0.3 is 0 Å². The molecule has 0 heteroatoms. The number of hydrogen-bond donors (Lipinski definition) is 0. The van der Waals surface area contributed by atoms with Crippen LogP contribution in [0.5, 0.6) is 0 Å². The Labute approximate surface area is 106 Å². The molecule has 0 N–H and O–H groups in total. The van der Waals surface area contributed by atoms with Gasteiger partial charge in [0.05, 0.1) is 0 Å². The van der Waals surface area contributed by atoms with Crippen LogP contribution in [0, 0.1) is 18.3 Å². The maximum absolute atomic E-state index is 5.38. The van der Waals surface area contributed by atoms with Gasteiger partial charge in [-0.05, 0) is 42.4 Å². The predicted molar refractivity (Wildman–Crippen MR) is 76.1 cm³/mol. The van der Waals surface area contributed by atoms with E-state index in [2.05, 4.69) is 51.0 Å². The van der Waals surface area contributed by atoms with Gasteiger partial charge in [0.2, 0.25) is 0 Å². The van der Waals surface area contributed by atoms with E-state index >= 15 is 0 Å². The van der Waals surface area contributed by atoms with Gasteiger partial charge in [-0.2, -0.15) is 0 Å². The molecule has 0 spiro atoms. The van der Waals surface area contributed by atoms with Gasteiger partial charge in [-0.15, -0.1) is 6.42 Å². The zero-order valence-corrected chi connectivity index (χ0v) is 11.4. The van der Waals surface area contributed by atoms with Gasteiger partial charge < -0.3 is 0 Å². The molecule has 0 aromatic heterocycles. The first-order chi connectivity index (χ1) is 8.17. The zero-order valence-electron chi connectivity index (χ0n) is 11.4. The molecule has 0 aliphatic heterocycles. The Bertz CT molecular complexity index is 351. The maximum Gasteiger partial charge on any atom is 0.0242 e. The van der Waals surface area contributed by atoms with Crippen molar-refractivity contribution in [3.63, 3.8) is 0 Å². The lowest BCUT2D eigenvalue weighted by atomic mass is 9.88. The van der Waals surface area contributed by atoms with Crippen molar-refractivity contribution in [1.29, 1.82) is 0 Å². The lowest BCUT2D eigenvalue weighted by molar-refractivity contribution is 0.478. The van der Waals surface area contributed by atoms with Crippen molar-refractivity contribution in [2.45, 2.75) is 52.4 Å². The zero-order chi connectivity index (χ0) is 12.7. The molecule has 0 saturated heterocycles. The second-order valence-corrected chi connectivity index (χ2v) is 5.22. The largest absolute Gasteiger partial charge is 0.115 e. The predicted octanol–water partition coefficient (Wildman–Crippen LogP) is 4.99. The van der Waals surface area contributed by atoms with Gasteiger partial charge in [0, 0.05) is 5.56 Å². The summed E-state index contributed by atoms with van der Waals surface area (Å²) in [6.45, 7) is 6.85. The monoisotopic (exact) mass is 228 g/mol. The minimum absolute atomic E-state index is 0.703. The lowest BCUT2D eigenvalue weighted by Crippen LogP contribution is -2.01. The van der Waals surface area contributed by atoms with E-state index in [1.807, 2.05) is 0 Å². The summed E-state index contributed by atoms with van der Waals surface area (Å²) in [4.78, 5) is 0. The molecule has 0 nitrogen and oxygen atoms in total. The van der Waals surface area contributed by atoms with Crippen molar-refractivity contribution >= 4 is 0 Å². The average molecular weight is 228 g/mol. The molecular formula is C17H24. The lowest BCUT2D eigenvalue weighted by Gasteiger charge is -2.18. The normalized spacial score (nSPS) is 12.4. The Balaban J connectivity index is 2.71. The molecule has 0 aliphatic carbocycles. The Kier molecular flexibility index (Phi) is 5.84. The van der Waals surface area contributed by atoms with Crippen LogP contribution in [0.25, 0.3) is 0 Å². The van der Waals surface area contributed by atoms with Crippen molar-refractivity contribution in [1.82, 2.24) is 0 Å². The smallest absolute Gasteiger partial charge is 0.0242 e. The second kappa shape index (κ2) is 7.17. The molecule has 0 heterocycles. The molecular weight excluding hydrogens is 204 g/mol. The molecule has 0 fully saturated rings. The highest BCUT2D eigenvalue weighted by Gasteiger charge is 2.11. The summed E-state index contributed by atoms with van der Waals surface area (Å²) in [5.74, 6) is 4.17. The van der Waals surface area contributed by atoms with Crippen LogP contribution in [0.2, 0.25) is 0 Å². The average Bonchev–Trinajstić information content (AvgIpc) is 2.34. The van der Waals surface area contributed by atoms with Crippen LogP contribution in [-0.4, -0.2) is 0 Å². The molecule has 17 heavy (non-hydrogen) atoms. The van der Waals surface area contributed by atoms with E-state index < -0.39 is 0 Å². The van der Waals surface area contributed by atoms with Gasteiger partial charge in [-0.3, -0.25) is 0 Å². The number of hydrogen-bond acceptors (Lipinski definition) is 0. The summed E-state index contributed by atoms with van der Waals surface area (Å²) in [5.41, 5.74) is 2.43. The van der Waals surface area contributed by atoms with E-state index in [1.165, 1.54) is 31.2 Å². The molecule has 1 rings (SSSR count). The second-order valence-electron chi connectivity index (χ2n) is 5.22. The molecule has 0 amide bonds. The van der Waals surface area contributed by atoms with Gasteiger partial charge in [0.15, 0.2) is 0 Å². The Morgan fingerprint density at radius 1 is 1.06 bits per heavy atom. The van der Waals surface area contributed by atoms with Crippen LogP contribution in [0.4, 0.5) is 0 Å². The van der Waals surface area contributed by atoms with Crippen molar-refractivity contribution in [3.05, 3.63) is 35.4 Å². The van der Waals surface area contributed by atoms with Crippen LogP contribution in [0.1, 0.15) is 63.5 Å². The van der Waals surface area contributed by atoms with Crippen LogP contribution in [0.15, 0.2) is 24.3 Å². The summed E-state index contributed by atoms with van der Waals surface area (Å²) < 4.78 is 0. The highest BCUT2D eigenvalue weighted by atomic mass is 14.2. The van der Waals surface area contributed by atoms with Crippen molar-refractivity contribution in [2.24, 2.45) is 5.92 Å². The van der Waals surface area contributed by atoms with Crippen LogP contribution in [0.3, 0.4) is 0 Å². The fraction of sp³-hybridized carbons (Fsp3) is 0.529. The molecule has 1 aromatic rings. The van der Waals surface area contributed by atoms with Crippen molar-refractivity contribution in [3.8, 4) is 12.3 Å². The van der Waals surface area contributed by atoms with Gasteiger partial charge in [-0.25, -0.2) is 0 Å². The standard InChI is InChI=1S/C17H24/c1-5-7-16(11-8-14(3)4)17-12-9-15(6-2)10-13-17/h2,9-10,12-14,16H,5,7-8,11H2,1,3-4H3. The Hall–Kier alpha value is -1.22. The SMILES string of the molecule is C#Cc1ccc(C(CCC)CCC(C)C)cc1. The summed E-state index contributed by atoms with van der Waals surface area (Å²) in [7, 11) is 0. The summed E-state index contributed by atoms with van der Waals surface area (Å²) in [6, 6.07) is 8.53. The first kappa shape index (κ1) is 13.8. The van der Waals surface area contributed by atoms with E-state index in [0.717, 1.165) is 11.5 Å². The highest BCUT2D eigenvalue weighted by molar-refractivity contribution is 5.35. The molecule has 92 valence electrons. The number of terminal acetylenes is 1. The molecule has 0 bridgehead atoms. The van der Waals surface area contributed by atoms with E-state index in [1.54, 1.807) is 0 Å². The third-order valence-corrected chi connectivity index (χ3v) is 3.28. The van der Waals surface area contributed by atoms with E-state index in [9.17, 15) is 0 Å². The quantitative estimate of drug-likeness (QED) is 0.602. The number of rotatable bonds is 6. The first-order valence-corrected chi connectivity index (χ1v) is 6.74. The third-order valence-electron chi connectivity index (χ3n) is 3.28. The third kappa shape index (κ3) is 4.65. The molecule has 0 aliphatic rings. The van der Waals surface area contributed by atoms with Gasteiger partial charge in [-0.1, -0.05) is 51.7 Å². The van der Waals surface area contributed by atoms with Crippen LogP contribution in [-0.2, 0) is 0 Å². The van der Waals surface area contributed by atoms with Crippen molar-refractivity contribution in [2.75, 3.05) is 0 Å². The minimum atomic E-state index is 0.703. The summed E-state index contributed by atoms with van der Waals surface area (Å²) >= 11 is 0. The topological polar surface area (TPSA) is 0 Å².